The second-order valence-corrected chi connectivity index (χ2v) is 4.16. The van der Waals surface area contributed by atoms with Gasteiger partial charge in [0.25, 0.3) is 0 Å². The standard InChI is InChI=1S/C8F16O4/c9-2(10,11)1(25)3(12,13)26-4(14,15)5(16,17)27-6(18,19)7(20,21)28-8(22,23)24. The van der Waals surface area contributed by atoms with E-state index in [0.29, 0.717) is 0 Å². The average Bonchev–Trinajstić information content (AvgIpc) is 2.30. The number of hydrogen-bond acceptors (Lipinski definition) is 4. The van der Waals surface area contributed by atoms with Crippen LogP contribution in [0, 0.1) is 0 Å². The molecule has 0 saturated carbocycles. The van der Waals surface area contributed by atoms with Gasteiger partial charge in [0.05, 0.1) is 0 Å². The first-order valence-corrected chi connectivity index (χ1v) is 5.45. The number of ketones is 1. The number of alkyl halides is 16. The van der Waals surface area contributed by atoms with Crippen LogP contribution < -0.4 is 0 Å². The second-order valence-electron chi connectivity index (χ2n) is 4.16. The summed E-state index contributed by atoms with van der Waals surface area (Å²) in [5.74, 6) is -4.56. The maximum absolute atomic E-state index is 12.8. The van der Waals surface area contributed by atoms with Gasteiger partial charge in [-0.3, -0.25) is 4.79 Å². The van der Waals surface area contributed by atoms with E-state index in [1.165, 1.54) is 14.2 Å². The third-order valence-electron chi connectivity index (χ3n) is 1.96. The Labute approximate surface area is 139 Å². The Kier molecular flexibility index (Phi) is 6.65. The smallest absolute Gasteiger partial charge is 0.280 e. The maximum atomic E-state index is 12.8. The van der Waals surface area contributed by atoms with E-state index in [-0.39, 0.29) is 0 Å². The molecule has 0 heterocycles. The maximum Gasteiger partial charge on any atom is 0.527 e. The van der Waals surface area contributed by atoms with Gasteiger partial charge in [0, 0.05) is 0 Å². The summed E-state index contributed by atoms with van der Waals surface area (Å²) in [6.45, 7) is 0. The predicted molar refractivity (Wildman–Crippen MR) is 45.1 cm³/mol. The summed E-state index contributed by atoms with van der Waals surface area (Å²) in [6.07, 6.45) is -49.7. The lowest BCUT2D eigenvalue weighted by molar-refractivity contribution is -0.562. The van der Waals surface area contributed by atoms with Crippen LogP contribution in [-0.2, 0) is 19.0 Å². The molecule has 0 aliphatic carbocycles. The van der Waals surface area contributed by atoms with Crippen LogP contribution in [0.1, 0.15) is 0 Å². The molecule has 0 rings (SSSR count). The number of Topliss-reactive ketones (excluding diaryl/α,β-unsaturated/α-hetero) is 1. The van der Waals surface area contributed by atoms with Gasteiger partial charge in [0.2, 0.25) is 0 Å². The van der Waals surface area contributed by atoms with Crippen LogP contribution >= 0.6 is 0 Å². The van der Waals surface area contributed by atoms with Crippen molar-refractivity contribution in [1.29, 1.82) is 0 Å². The molecular weight excluding hydrogens is 464 g/mol. The number of ether oxygens (including phenoxy) is 3. The summed E-state index contributed by atoms with van der Waals surface area (Å²) >= 11 is 0. The van der Waals surface area contributed by atoms with E-state index >= 15 is 0 Å². The van der Waals surface area contributed by atoms with Gasteiger partial charge in [-0.1, -0.05) is 0 Å². The van der Waals surface area contributed by atoms with Crippen molar-refractivity contribution in [2.24, 2.45) is 0 Å². The first-order valence-electron chi connectivity index (χ1n) is 5.45. The molecule has 0 aromatic carbocycles. The van der Waals surface area contributed by atoms with Crippen molar-refractivity contribution >= 4 is 5.78 Å². The lowest BCUT2D eigenvalue weighted by Crippen LogP contribution is -2.58. The molecule has 0 radical (unpaired) electrons. The number of carbonyl (C=O) groups is 1. The van der Waals surface area contributed by atoms with Gasteiger partial charge >= 0.3 is 48.9 Å². The van der Waals surface area contributed by atoms with E-state index < -0.39 is 48.9 Å². The van der Waals surface area contributed by atoms with Crippen molar-refractivity contribution in [1.82, 2.24) is 0 Å². The predicted octanol–water partition coefficient (Wildman–Crippen LogP) is 4.65. The third-order valence-corrected chi connectivity index (χ3v) is 1.96. The molecule has 0 aromatic heterocycles. The SMILES string of the molecule is O=C(C(F)(F)F)C(F)(F)OC(F)(F)C(F)(F)OC(F)(F)C(F)(F)OC(F)(F)F. The molecule has 0 bridgehead atoms. The minimum absolute atomic E-state index is 1.35. The summed E-state index contributed by atoms with van der Waals surface area (Å²) < 4.78 is 200. The Morgan fingerprint density at radius 3 is 1.04 bits per heavy atom. The fraction of sp³-hybridized carbons (Fsp3) is 0.875. The molecule has 0 atom stereocenters. The molecule has 0 spiro atoms. The molecule has 0 aliphatic rings. The molecule has 168 valence electrons. The Bertz CT molecular complexity index is 574. The van der Waals surface area contributed by atoms with E-state index in [1.807, 2.05) is 0 Å². The minimum atomic E-state index is -7.45. The Morgan fingerprint density at radius 2 is 0.750 bits per heavy atom. The summed E-state index contributed by atoms with van der Waals surface area (Å²) in [6, 6.07) is 0. The van der Waals surface area contributed by atoms with Crippen LogP contribution in [0.2, 0.25) is 0 Å². The van der Waals surface area contributed by atoms with E-state index in [9.17, 15) is 75.0 Å². The van der Waals surface area contributed by atoms with Gasteiger partial charge in [-0.15, -0.1) is 13.2 Å². The molecule has 0 aromatic rings. The van der Waals surface area contributed by atoms with E-state index in [0.717, 1.165) is 0 Å². The largest absolute Gasteiger partial charge is 0.527 e. The van der Waals surface area contributed by atoms with Crippen LogP contribution in [0.4, 0.5) is 70.2 Å². The van der Waals surface area contributed by atoms with Gasteiger partial charge < -0.3 is 0 Å². The summed E-state index contributed by atoms with van der Waals surface area (Å²) in [5, 5.41) is 0. The van der Waals surface area contributed by atoms with E-state index in [4.69, 9.17) is 0 Å². The second kappa shape index (κ2) is 7.04. The average molecular weight is 464 g/mol. The quantitative estimate of drug-likeness (QED) is 0.491. The lowest BCUT2D eigenvalue weighted by atomic mass is 10.3. The number of rotatable bonds is 8. The Morgan fingerprint density at radius 1 is 0.464 bits per heavy atom. The van der Waals surface area contributed by atoms with Crippen LogP contribution in [0.5, 0.6) is 0 Å². The normalized spacial score (nSPS) is 15.7. The fourth-order valence-electron chi connectivity index (χ4n) is 0.916. The van der Waals surface area contributed by atoms with Crippen molar-refractivity contribution in [2.45, 2.75) is 43.1 Å². The highest BCUT2D eigenvalue weighted by molar-refractivity contribution is 5.89. The highest BCUT2D eigenvalue weighted by Crippen LogP contribution is 2.49. The zero-order chi connectivity index (χ0) is 23.2. The molecule has 0 aliphatic heterocycles. The van der Waals surface area contributed by atoms with Crippen molar-refractivity contribution in [3.05, 3.63) is 0 Å². The Balaban J connectivity index is 5.70. The Hall–Kier alpha value is -1.57. The van der Waals surface area contributed by atoms with Gasteiger partial charge in [0.1, 0.15) is 0 Å². The molecule has 0 amide bonds. The molecule has 20 heteroatoms. The van der Waals surface area contributed by atoms with Crippen LogP contribution in [-0.4, -0.2) is 48.9 Å². The number of halogens is 16. The fourth-order valence-corrected chi connectivity index (χ4v) is 0.916. The summed E-state index contributed by atoms with van der Waals surface area (Å²) in [4.78, 5) is 10.1. The molecule has 0 saturated heterocycles. The molecule has 0 N–H and O–H groups in total. The van der Waals surface area contributed by atoms with Crippen LogP contribution in [0.3, 0.4) is 0 Å². The third kappa shape index (κ3) is 6.22. The van der Waals surface area contributed by atoms with Crippen molar-refractivity contribution in [3.8, 4) is 0 Å². The number of carbonyl (C=O) groups excluding carboxylic acids is 1. The lowest BCUT2D eigenvalue weighted by Gasteiger charge is -2.33. The van der Waals surface area contributed by atoms with E-state index in [1.54, 1.807) is 0 Å². The van der Waals surface area contributed by atoms with Crippen molar-refractivity contribution in [2.75, 3.05) is 0 Å². The zero-order valence-electron chi connectivity index (χ0n) is 11.7. The van der Waals surface area contributed by atoms with Crippen molar-refractivity contribution in [3.63, 3.8) is 0 Å². The molecule has 4 nitrogen and oxygen atoms in total. The monoisotopic (exact) mass is 464 g/mol. The van der Waals surface area contributed by atoms with Crippen molar-refractivity contribution < 1.29 is 89.3 Å². The zero-order valence-corrected chi connectivity index (χ0v) is 11.7. The molecule has 0 unspecified atom stereocenters. The summed E-state index contributed by atoms with van der Waals surface area (Å²) in [5.41, 5.74) is 0. The van der Waals surface area contributed by atoms with E-state index in [2.05, 4.69) is 0 Å². The molecule has 0 fully saturated rings. The first-order chi connectivity index (χ1) is 11.8. The van der Waals surface area contributed by atoms with Gasteiger partial charge in [0.15, 0.2) is 0 Å². The van der Waals surface area contributed by atoms with Crippen LogP contribution in [0.15, 0.2) is 0 Å². The highest BCUT2D eigenvalue weighted by Gasteiger charge is 2.75. The van der Waals surface area contributed by atoms with Gasteiger partial charge in [-0.25, -0.2) is 14.2 Å². The van der Waals surface area contributed by atoms with Gasteiger partial charge in [-0.2, -0.15) is 57.1 Å². The number of hydrogen-bond donors (Lipinski definition) is 0. The topological polar surface area (TPSA) is 44.8 Å². The van der Waals surface area contributed by atoms with Gasteiger partial charge in [-0.05, 0) is 0 Å². The minimum Gasteiger partial charge on any atom is -0.280 e. The van der Waals surface area contributed by atoms with Crippen LogP contribution in [0.25, 0.3) is 0 Å². The molecule has 28 heavy (non-hydrogen) atoms. The first kappa shape index (κ1) is 26.4. The highest BCUT2D eigenvalue weighted by atomic mass is 19.4. The molecular formula is C8F16O4. The summed E-state index contributed by atoms with van der Waals surface area (Å²) in [7, 11) is 0.